The highest BCUT2D eigenvalue weighted by atomic mass is 16.2. The smallest absolute Gasteiger partial charge is 0.245 e. The summed E-state index contributed by atoms with van der Waals surface area (Å²) in [6, 6.07) is 7.98. The molecule has 0 saturated carbocycles. The Labute approximate surface area is 206 Å². The Balaban J connectivity index is 2.34. The second kappa shape index (κ2) is 11.7. The van der Waals surface area contributed by atoms with Gasteiger partial charge >= 0.3 is 0 Å². The van der Waals surface area contributed by atoms with E-state index in [1.54, 1.807) is 4.90 Å². The first-order valence-corrected chi connectivity index (χ1v) is 12.7. The van der Waals surface area contributed by atoms with Gasteiger partial charge < -0.3 is 10.2 Å². The molecule has 0 aliphatic carbocycles. The number of anilines is 1. The quantitative estimate of drug-likeness (QED) is 0.453. The summed E-state index contributed by atoms with van der Waals surface area (Å²) in [4.78, 5) is 28.2. The van der Waals surface area contributed by atoms with Crippen molar-refractivity contribution in [2.75, 3.05) is 11.9 Å². The molecule has 0 bridgehead atoms. The number of carbonyl (C=O) groups excluding carboxylic acids is 2. The maximum Gasteiger partial charge on any atom is 0.245 e. The first-order chi connectivity index (χ1) is 15.9. The van der Waals surface area contributed by atoms with Gasteiger partial charge in [0.15, 0.2) is 0 Å². The number of aryl methyl sites for hydroxylation is 1. The van der Waals surface area contributed by atoms with Gasteiger partial charge in [0, 0.05) is 23.4 Å². The molecule has 2 amide bonds. The van der Waals surface area contributed by atoms with E-state index in [1.807, 2.05) is 43.7 Å². The fourth-order valence-electron chi connectivity index (χ4n) is 4.02. The van der Waals surface area contributed by atoms with E-state index < -0.39 is 0 Å². The van der Waals surface area contributed by atoms with Crippen molar-refractivity contribution in [2.24, 2.45) is 5.92 Å². The van der Waals surface area contributed by atoms with Crippen molar-refractivity contribution in [1.29, 1.82) is 0 Å². The van der Waals surface area contributed by atoms with Crippen LogP contribution in [0.3, 0.4) is 0 Å². The number of unbranched alkanes of at least 4 members (excludes halogenated alkanes) is 1. The number of hydrogen-bond donors (Lipinski definition) is 1. The largest absolute Gasteiger partial charge is 0.331 e. The number of benzene rings is 1. The fraction of sp³-hybridized carbons (Fsp3) is 0.607. The van der Waals surface area contributed by atoms with Crippen LogP contribution in [0.15, 0.2) is 24.3 Å². The van der Waals surface area contributed by atoms with Crippen LogP contribution < -0.4 is 5.32 Å². The molecular formula is C28H44N4O2. The highest BCUT2D eigenvalue weighted by Gasteiger charge is 2.27. The number of amides is 2. The number of rotatable bonds is 10. The van der Waals surface area contributed by atoms with Gasteiger partial charge in [-0.05, 0) is 57.7 Å². The number of carbonyl (C=O) groups is 2. The standard InChI is InChI=1S/C28H44N4O2/c1-10-12-15-22(11-2)27(34)31(19(3)4)18-26(33)29-25-17-24(28(7,8)9)30-32(25)23-16-13-14-20(5)21(23)6/h13-14,16-17,19,22H,10-12,15,18H2,1-9H3,(H,29,33). The van der Waals surface area contributed by atoms with E-state index in [2.05, 4.69) is 52.9 Å². The maximum absolute atomic E-state index is 13.2. The van der Waals surface area contributed by atoms with E-state index in [0.29, 0.717) is 5.82 Å². The molecule has 1 aromatic heterocycles. The second-order valence-electron chi connectivity index (χ2n) is 10.7. The zero-order valence-corrected chi connectivity index (χ0v) is 22.7. The van der Waals surface area contributed by atoms with Gasteiger partial charge in [-0.1, -0.05) is 59.6 Å². The van der Waals surface area contributed by atoms with Crippen molar-refractivity contribution in [3.63, 3.8) is 0 Å². The van der Waals surface area contributed by atoms with E-state index in [9.17, 15) is 9.59 Å². The molecule has 2 rings (SSSR count). The Hall–Kier alpha value is -2.63. The highest BCUT2D eigenvalue weighted by Crippen LogP contribution is 2.28. The van der Waals surface area contributed by atoms with E-state index in [-0.39, 0.29) is 35.7 Å². The summed E-state index contributed by atoms with van der Waals surface area (Å²) in [7, 11) is 0. The third-order valence-electron chi connectivity index (χ3n) is 6.52. The Morgan fingerprint density at radius 3 is 2.38 bits per heavy atom. The van der Waals surface area contributed by atoms with Crippen LogP contribution in [0.1, 0.15) is 91.0 Å². The SMILES string of the molecule is CCCCC(CC)C(=O)N(CC(=O)Nc1cc(C(C)(C)C)nn1-c1cccc(C)c1C)C(C)C. The highest BCUT2D eigenvalue weighted by molar-refractivity contribution is 5.94. The van der Waals surface area contributed by atoms with Gasteiger partial charge in [-0.3, -0.25) is 9.59 Å². The summed E-state index contributed by atoms with van der Waals surface area (Å²) in [6.45, 7) is 18.6. The number of nitrogens with one attached hydrogen (secondary N) is 1. The Bertz CT molecular complexity index is 985. The number of hydrogen-bond acceptors (Lipinski definition) is 3. The number of nitrogens with zero attached hydrogens (tertiary/aromatic N) is 3. The molecule has 0 spiro atoms. The Kier molecular flexibility index (Phi) is 9.48. The molecule has 1 aromatic carbocycles. The molecule has 188 valence electrons. The third kappa shape index (κ3) is 6.71. The fourth-order valence-corrected chi connectivity index (χ4v) is 4.02. The molecule has 2 aromatic rings. The van der Waals surface area contributed by atoms with Gasteiger partial charge in [0.2, 0.25) is 11.8 Å². The normalized spacial score (nSPS) is 12.6. The molecule has 6 nitrogen and oxygen atoms in total. The zero-order valence-electron chi connectivity index (χ0n) is 22.7. The molecule has 1 heterocycles. The molecule has 1 atom stereocenters. The van der Waals surface area contributed by atoms with E-state index >= 15 is 0 Å². The van der Waals surface area contributed by atoms with E-state index in [1.165, 1.54) is 0 Å². The van der Waals surface area contributed by atoms with Crippen LogP contribution in [0.2, 0.25) is 0 Å². The molecule has 0 aliphatic rings. The van der Waals surface area contributed by atoms with Crippen molar-refractivity contribution < 1.29 is 9.59 Å². The molecule has 34 heavy (non-hydrogen) atoms. The molecule has 0 aliphatic heterocycles. The lowest BCUT2D eigenvalue weighted by atomic mass is 9.92. The molecule has 0 radical (unpaired) electrons. The van der Waals surface area contributed by atoms with Crippen molar-refractivity contribution in [3.05, 3.63) is 41.1 Å². The summed E-state index contributed by atoms with van der Waals surface area (Å²) < 4.78 is 1.82. The summed E-state index contributed by atoms with van der Waals surface area (Å²) in [5.74, 6) is 0.444. The molecule has 1 unspecified atom stereocenters. The van der Waals surface area contributed by atoms with Crippen LogP contribution in [0, 0.1) is 19.8 Å². The van der Waals surface area contributed by atoms with Crippen LogP contribution in [0.4, 0.5) is 5.82 Å². The third-order valence-corrected chi connectivity index (χ3v) is 6.52. The average molecular weight is 469 g/mol. The molecule has 0 saturated heterocycles. The summed E-state index contributed by atoms with van der Waals surface area (Å²) in [5, 5.41) is 7.91. The van der Waals surface area contributed by atoms with E-state index in [0.717, 1.165) is 48.2 Å². The van der Waals surface area contributed by atoms with E-state index in [4.69, 9.17) is 5.10 Å². The molecular weight excluding hydrogens is 424 g/mol. The van der Waals surface area contributed by atoms with Crippen molar-refractivity contribution in [2.45, 2.75) is 99.5 Å². The molecule has 6 heteroatoms. The van der Waals surface area contributed by atoms with Gasteiger partial charge in [0.05, 0.1) is 11.4 Å². The van der Waals surface area contributed by atoms with Crippen LogP contribution in [-0.4, -0.2) is 39.1 Å². The van der Waals surface area contributed by atoms with Crippen molar-refractivity contribution in [3.8, 4) is 5.69 Å². The number of aromatic nitrogens is 2. The predicted octanol–water partition coefficient (Wildman–Crippen LogP) is 6.18. The molecule has 0 fully saturated rings. The zero-order chi connectivity index (χ0) is 25.6. The first-order valence-electron chi connectivity index (χ1n) is 12.7. The Morgan fingerprint density at radius 1 is 1.15 bits per heavy atom. The van der Waals surface area contributed by atoms with Gasteiger partial charge in [0.1, 0.15) is 12.4 Å². The van der Waals surface area contributed by atoms with Crippen molar-refractivity contribution in [1.82, 2.24) is 14.7 Å². The minimum atomic E-state index is -0.209. The second-order valence-corrected chi connectivity index (χ2v) is 10.7. The monoisotopic (exact) mass is 468 g/mol. The lowest BCUT2D eigenvalue weighted by molar-refractivity contribution is -0.140. The maximum atomic E-state index is 13.2. The minimum Gasteiger partial charge on any atom is -0.331 e. The molecule has 1 N–H and O–H groups in total. The topological polar surface area (TPSA) is 67.2 Å². The average Bonchev–Trinajstić information content (AvgIpc) is 3.18. The van der Waals surface area contributed by atoms with Crippen LogP contribution in [-0.2, 0) is 15.0 Å². The minimum absolute atomic E-state index is 0.0297. The summed E-state index contributed by atoms with van der Waals surface area (Å²) in [5.41, 5.74) is 3.94. The van der Waals surface area contributed by atoms with Crippen LogP contribution >= 0.6 is 0 Å². The lowest BCUT2D eigenvalue weighted by Crippen LogP contribution is -2.45. The Morgan fingerprint density at radius 2 is 1.82 bits per heavy atom. The van der Waals surface area contributed by atoms with Gasteiger partial charge in [-0.25, -0.2) is 4.68 Å². The van der Waals surface area contributed by atoms with Gasteiger partial charge in [0.25, 0.3) is 0 Å². The lowest BCUT2D eigenvalue weighted by Gasteiger charge is -2.30. The predicted molar refractivity (Wildman–Crippen MR) is 141 cm³/mol. The van der Waals surface area contributed by atoms with Gasteiger partial charge in [-0.2, -0.15) is 5.10 Å². The van der Waals surface area contributed by atoms with Gasteiger partial charge in [-0.15, -0.1) is 0 Å². The first kappa shape index (κ1) is 27.6. The van der Waals surface area contributed by atoms with Crippen LogP contribution in [0.5, 0.6) is 0 Å². The van der Waals surface area contributed by atoms with Crippen molar-refractivity contribution >= 4 is 17.6 Å². The summed E-state index contributed by atoms with van der Waals surface area (Å²) >= 11 is 0. The summed E-state index contributed by atoms with van der Waals surface area (Å²) in [6.07, 6.45) is 3.74. The van der Waals surface area contributed by atoms with Crippen LogP contribution in [0.25, 0.3) is 5.69 Å².